The van der Waals surface area contributed by atoms with E-state index in [4.69, 9.17) is 5.73 Å². The summed E-state index contributed by atoms with van der Waals surface area (Å²) in [5.41, 5.74) is 8.77. The zero-order valence-corrected chi connectivity index (χ0v) is 10.2. The molecule has 0 saturated heterocycles. The van der Waals surface area contributed by atoms with Crippen LogP contribution in [0, 0.1) is 0 Å². The number of phenolic OH excluding ortho intramolecular Hbond substituents is 1. The smallest absolute Gasteiger partial charge is 0.177 e. The second-order valence-electron chi connectivity index (χ2n) is 4.47. The predicted octanol–water partition coefficient (Wildman–Crippen LogP) is 1.91. The van der Waals surface area contributed by atoms with Crippen LogP contribution in [0.5, 0.6) is 5.75 Å². The van der Waals surface area contributed by atoms with E-state index in [1.54, 1.807) is 18.3 Å². The van der Waals surface area contributed by atoms with Gasteiger partial charge < -0.3 is 15.8 Å². The zero-order chi connectivity index (χ0) is 13.2. The van der Waals surface area contributed by atoms with E-state index in [0.717, 1.165) is 16.9 Å². The minimum atomic E-state index is -0.223. The highest BCUT2D eigenvalue weighted by Gasteiger charge is 2.12. The maximum atomic E-state index is 9.25. The van der Waals surface area contributed by atoms with Crippen LogP contribution in [-0.2, 0) is 6.42 Å². The Hall–Kier alpha value is -2.40. The third-order valence-electron chi connectivity index (χ3n) is 3.02. The zero-order valence-electron chi connectivity index (χ0n) is 10.2. The Labute approximate surface area is 110 Å². The normalized spacial score (nSPS) is 12.7. The van der Waals surface area contributed by atoms with E-state index >= 15 is 0 Å². The molecule has 1 aromatic carbocycles. The third kappa shape index (κ3) is 2.41. The molecule has 3 rings (SSSR count). The molecular formula is C14H14N4O. The van der Waals surface area contributed by atoms with E-state index in [0.29, 0.717) is 12.1 Å². The van der Waals surface area contributed by atoms with Crippen molar-refractivity contribution in [2.24, 2.45) is 5.73 Å². The Morgan fingerprint density at radius 3 is 2.74 bits per heavy atom. The standard InChI is InChI=1S/C14H14N4O/c15-11(8-9-3-5-10(19)6-4-9)13-17-12-2-1-7-16-14(12)18-13/h1-7,11,19H,8,15H2,(H,16,17,18). The molecule has 0 aliphatic rings. The first-order chi connectivity index (χ1) is 9.22. The number of rotatable bonds is 3. The molecule has 1 unspecified atom stereocenters. The van der Waals surface area contributed by atoms with Crippen LogP contribution >= 0.6 is 0 Å². The molecule has 0 radical (unpaired) electrons. The van der Waals surface area contributed by atoms with Gasteiger partial charge in [0.25, 0.3) is 0 Å². The van der Waals surface area contributed by atoms with Crippen LogP contribution in [0.15, 0.2) is 42.6 Å². The van der Waals surface area contributed by atoms with Gasteiger partial charge in [0, 0.05) is 6.20 Å². The summed E-state index contributed by atoms with van der Waals surface area (Å²) in [5.74, 6) is 0.979. The number of phenols is 1. The largest absolute Gasteiger partial charge is 0.508 e. The molecule has 4 N–H and O–H groups in total. The second kappa shape index (κ2) is 4.70. The molecule has 5 nitrogen and oxygen atoms in total. The first-order valence-corrected chi connectivity index (χ1v) is 6.06. The first kappa shape index (κ1) is 11.7. The van der Waals surface area contributed by atoms with Gasteiger partial charge in [0.15, 0.2) is 5.65 Å². The second-order valence-corrected chi connectivity index (χ2v) is 4.47. The number of nitrogens with zero attached hydrogens (tertiary/aromatic N) is 2. The third-order valence-corrected chi connectivity index (χ3v) is 3.02. The van der Waals surface area contributed by atoms with Crippen LogP contribution in [0.1, 0.15) is 17.4 Å². The van der Waals surface area contributed by atoms with Crippen molar-refractivity contribution in [1.82, 2.24) is 15.0 Å². The van der Waals surface area contributed by atoms with Gasteiger partial charge in [0.05, 0.1) is 11.6 Å². The minimum absolute atomic E-state index is 0.223. The SMILES string of the molecule is NC(Cc1ccc(O)cc1)c1nc2ncccc2[nH]1. The first-order valence-electron chi connectivity index (χ1n) is 6.06. The highest BCUT2D eigenvalue weighted by Crippen LogP contribution is 2.18. The number of benzene rings is 1. The van der Waals surface area contributed by atoms with E-state index in [-0.39, 0.29) is 11.8 Å². The topological polar surface area (TPSA) is 87.8 Å². The highest BCUT2D eigenvalue weighted by molar-refractivity contribution is 5.70. The Bertz CT molecular complexity index is 657. The predicted molar refractivity (Wildman–Crippen MR) is 72.6 cm³/mol. The molecule has 19 heavy (non-hydrogen) atoms. The average molecular weight is 254 g/mol. The number of nitrogens with one attached hydrogen (secondary N) is 1. The van der Waals surface area contributed by atoms with Gasteiger partial charge in [0.1, 0.15) is 11.6 Å². The van der Waals surface area contributed by atoms with Crippen LogP contribution in [0.4, 0.5) is 0 Å². The lowest BCUT2D eigenvalue weighted by Crippen LogP contribution is -2.14. The van der Waals surface area contributed by atoms with E-state index < -0.39 is 0 Å². The Kier molecular flexibility index (Phi) is 2.89. The summed E-state index contributed by atoms with van der Waals surface area (Å²) in [5, 5.41) is 9.25. The van der Waals surface area contributed by atoms with Crippen LogP contribution in [-0.4, -0.2) is 20.1 Å². The number of hydrogen-bond acceptors (Lipinski definition) is 4. The summed E-state index contributed by atoms with van der Waals surface area (Å²) in [6.45, 7) is 0. The fourth-order valence-corrected chi connectivity index (χ4v) is 2.02. The fraction of sp³-hybridized carbons (Fsp3) is 0.143. The number of aromatic amines is 1. The van der Waals surface area contributed by atoms with E-state index in [9.17, 15) is 5.11 Å². The summed E-state index contributed by atoms with van der Waals surface area (Å²) in [6, 6.07) is 10.6. The summed E-state index contributed by atoms with van der Waals surface area (Å²) in [6.07, 6.45) is 2.36. The maximum Gasteiger partial charge on any atom is 0.177 e. The van der Waals surface area contributed by atoms with Crippen LogP contribution in [0.3, 0.4) is 0 Å². The van der Waals surface area contributed by atoms with Gasteiger partial charge in [-0.2, -0.15) is 0 Å². The molecule has 2 aromatic heterocycles. The van der Waals surface area contributed by atoms with Crippen LogP contribution in [0.2, 0.25) is 0 Å². The van der Waals surface area contributed by atoms with Crippen molar-refractivity contribution in [3.63, 3.8) is 0 Å². The number of nitrogens with two attached hydrogens (primary N) is 1. The summed E-state index contributed by atoms with van der Waals surface area (Å²) >= 11 is 0. The molecule has 0 fully saturated rings. The molecule has 0 amide bonds. The Balaban J connectivity index is 1.83. The van der Waals surface area contributed by atoms with E-state index in [1.807, 2.05) is 24.3 Å². The van der Waals surface area contributed by atoms with Gasteiger partial charge in [-0.1, -0.05) is 12.1 Å². The van der Waals surface area contributed by atoms with Crippen LogP contribution in [0.25, 0.3) is 11.2 Å². The number of aromatic hydroxyl groups is 1. The maximum absolute atomic E-state index is 9.25. The number of fused-ring (bicyclic) bond motifs is 1. The van der Waals surface area contributed by atoms with Gasteiger partial charge >= 0.3 is 0 Å². The molecule has 3 aromatic rings. The van der Waals surface area contributed by atoms with E-state index in [2.05, 4.69) is 15.0 Å². The molecule has 0 aliphatic carbocycles. The van der Waals surface area contributed by atoms with Gasteiger partial charge in [-0.15, -0.1) is 0 Å². The lowest BCUT2D eigenvalue weighted by atomic mass is 10.1. The van der Waals surface area contributed by atoms with Crippen molar-refractivity contribution in [2.75, 3.05) is 0 Å². The Morgan fingerprint density at radius 2 is 2.00 bits per heavy atom. The molecule has 0 bridgehead atoms. The Morgan fingerprint density at radius 1 is 1.21 bits per heavy atom. The number of pyridine rings is 1. The lowest BCUT2D eigenvalue weighted by Gasteiger charge is -2.08. The van der Waals surface area contributed by atoms with Crippen LogP contribution < -0.4 is 5.73 Å². The molecule has 1 atom stereocenters. The van der Waals surface area contributed by atoms with Crippen molar-refractivity contribution in [1.29, 1.82) is 0 Å². The molecule has 96 valence electrons. The quantitative estimate of drug-likeness (QED) is 0.666. The minimum Gasteiger partial charge on any atom is -0.508 e. The molecule has 0 aliphatic heterocycles. The highest BCUT2D eigenvalue weighted by atomic mass is 16.3. The van der Waals surface area contributed by atoms with Gasteiger partial charge in [-0.25, -0.2) is 9.97 Å². The van der Waals surface area contributed by atoms with Crippen molar-refractivity contribution >= 4 is 11.2 Å². The van der Waals surface area contributed by atoms with Crippen molar-refractivity contribution in [3.05, 3.63) is 54.0 Å². The molecule has 2 heterocycles. The molecule has 5 heteroatoms. The van der Waals surface area contributed by atoms with Gasteiger partial charge in [-0.3, -0.25) is 0 Å². The summed E-state index contributed by atoms with van der Waals surface area (Å²) in [7, 11) is 0. The molecular weight excluding hydrogens is 240 g/mol. The summed E-state index contributed by atoms with van der Waals surface area (Å²) in [4.78, 5) is 11.7. The van der Waals surface area contributed by atoms with Crippen molar-refractivity contribution in [3.8, 4) is 5.75 Å². The number of hydrogen-bond donors (Lipinski definition) is 3. The fourth-order valence-electron chi connectivity index (χ4n) is 2.02. The van der Waals surface area contributed by atoms with Crippen molar-refractivity contribution in [2.45, 2.75) is 12.5 Å². The monoisotopic (exact) mass is 254 g/mol. The number of aromatic nitrogens is 3. The summed E-state index contributed by atoms with van der Waals surface area (Å²) < 4.78 is 0. The molecule has 0 spiro atoms. The van der Waals surface area contributed by atoms with Gasteiger partial charge in [0.2, 0.25) is 0 Å². The van der Waals surface area contributed by atoms with Crippen molar-refractivity contribution < 1.29 is 5.11 Å². The molecule has 0 saturated carbocycles. The number of imidazole rings is 1. The average Bonchev–Trinajstić information content (AvgIpc) is 2.85. The lowest BCUT2D eigenvalue weighted by molar-refractivity contribution is 0.475. The van der Waals surface area contributed by atoms with E-state index in [1.165, 1.54) is 0 Å². The van der Waals surface area contributed by atoms with Gasteiger partial charge in [-0.05, 0) is 36.2 Å². The number of H-pyrrole nitrogens is 1.